The number of aryl methyl sites for hydroxylation is 2. The molecule has 0 radical (unpaired) electrons. The largest absolute Gasteiger partial charge is 0.354 e. The molecule has 2 heterocycles. The van der Waals surface area contributed by atoms with Gasteiger partial charge in [-0.05, 0) is 50.1 Å². The highest BCUT2D eigenvalue weighted by molar-refractivity contribution is 6.10. The summed E-state index contributed by atoms with van der Waals surface area (Å²) < 4.78 is 1.92. The molecule has 2 aromatic carbocycles. The van der Waals surface area contributed by atoms with Crippen molar-refractivity contribution in [3.05, 3.63) is 89.3 Å². The van der Waals surface area contributed by atoms with E-state index >= 15 is 0 Å². The minimum Gasteiger partial charge on any atom is -0.354 e. The van der Waals surface area contributed by atoms with E-state index in [1.165, 1.54) is 4.90 Å². The maximum atomic E-state index is 12.5. The lowest BCUT2D eigenvalue weighted by Crippen LogP contribution is -2.37. The number of hydrogen-bond acceptors (Lipinski definition) is 3. The average Bonchev–Trinajstić information content (AvgIpc) is 3.20. The number of rotatable bonds is 6. The molecule has 3 aromatic rings. The van der Waals surface area contributed by atoms with E-state index in [1.54, 1.807) is 6.07 Å². The lowest BCUT2D eigenvalue weighted by molar-refractivity contribution is -0.121. The first-order valence-electron chi connectivity index (χ1n) is 9.93. The number of nitrogens with one attached hydrogen (secondary N) is 1. The zero-order chi connectivity index (χ0) is 21.3. The zero-order valence-electron chi connectivity index (χ0n) is 17.2. The molecule has 0 saturated carbocycles. The molecule has 1 N–H and O–H groups in total. The summed E-state index contributed by atoms with van der Waals surface area (Å²) in [5.41, 5.74) is 6.17. The number of amides is 2. The smallest absolute Gasteiger partial charge is 0.259 e. The fraction of sp³-hybridized carbons (Fsp3) is 0.208. The van der Waals surface area contributed by atoms with E-state index in [1.807, 2.05) is 67.1 Å². The van der Waals surface area contributed by atoms with Crippen LogP contribution in [0, 0.1) is 13.8 Å². The summed E-state index contributed by atoms with van der Waals surface area (Å²) in [5.74, 6) is -0.373. The van der Waals surface area contributed by atoms with Crippen molar-refractivity contribution in [3.8, 4) is 5.69 Å². The third-order valence-corrected chi connectivity index (χ3v) is 5.27. The number of fused-ring (bicyclic) bond motifs is 1. The van der Waals surface area contributed by atoms with Crippen molar-refractivity contribution in [1.29, 1.82) is 0 Å². The van der Waals surface area contributed by atoms with E-state index in [4.69, 9.17) is 0 Å². The van der Waals surface area contributed by atoms with Gasteiger partial charge in [0.1, 0.15) is 6.54 Å². The number of nitrogens with zero attached hydrogens (tertiary/aromatic N) is 3. The Balaban J connectivity index is 1.30. The summed E-state index contributed by atoms with van der Waals surface area (Å²) in [4.78, 5) is 26.3. The number of carbonyl (C=O) groups is 2. The van der Waals surface area contributed by atoms with Gasteiger partial charge in [-0.2, -0.15) is 5.10 Å². The normalized spacial score (nSPS) is 12.9. The predicted molar refractivity (Wildman–Crippen MR) is 116 cm³/mol. The summed E-state index contributed by atoms with van der Waals surface area (Å²) in [7, 11) is 0. The standard InChI is InChI=1S/C24H24N4O2/c1-16-14-17(2)28(26-16)20-10-8-19(9-11-20)12-13-25-23(29)15-27-18(3)21-6-4-5-7-22(21)24(27)30/h4-11,14H,3,12-13,15H2,1-2H3,(H,25,29). The van der Waals surface area contributed by atoms with Crippen LogP contribution in [0.2, 0.25) is 0 Å². The highest BCUT2D eigenvalue weighted by Gasteiger charge is 2.31. The minimum absolute atomic E-state index is 0.0246. The van der Waals surface area contributed by atoms with Gasteiger partial charge < -0.3 is 5.32 Å². The Kier molecular flexibility index (Phi) is 5.23. The van der Waals surface area contributed by atoms with Gasteiger partial charge in [0.2, 0.25) is 5.91 Å². The van der Waals surface area contributed by atoms with Crippen molar-refractivity contribution in [3.63, 3.8) is 0 Å². The Bertz CT molecular complexity index is 1090. The van der Waals surface area contributed by atoms with E-state index in [0.29, 0.717) is 24.2 Å². The summed E-state index contributed by atoms with van der Waals surface area (Å²) in [6, 6.07) is 17.5. The van der Waals surface area contributed by atoms with E-state index < -0.39 is 0 Å². The molecule has 2 amide bonds. The molecule has 1 aliphatic heterocycles. The SMILES string of the molecule is C=C1c2ccccc2C(=O)N1CC(=O)NCCc1ccc(-n2nc(C)cc2C)cc1. The van der Waals surface area contributed by atoms with Crippen LogP contribution in [0.15, 0.2) is 61.2 Å². The lowest BCUT2D eigenvalue weighted by Gasteiger charge is -2.17. The molecular weight excluding hydrogens is 376 g/mol. The number of aromatic nitrogens is 2. The van der Waals surface area contributed by atoms with E-state index in [0.717, 1.165) is 28.2 Å². The highest BCUT2D eigenvalue weighted by atomic mass is 16.2. The predicted octanol–water partition coefficient (Wildman–Crippen LogP) is 3.27. The van der Waals surface area contributed by atoms with Crippen LogP contribution in [0.5, 0.6) is 0 Å². The third-order valence-electron chi connectivity index (χ3n) is 5.27. The Morgan fingerprint density at radius 2 is 1.77 bits per heavy atom. The van der Waals surface area contributed by atoms with Crippen molar-refractivity contribution >= 4 is 17.5 Å². The molecule has 1 aromatic heterocycles. The van der Waals surface area contributed by atoms with E-state index in [2.05, 4.69) is 17.0 Å². The van der Waals surface area contributed by atoms with Crippen LogP contribution in [0.3, 0.4) is 0 Å². The van der Waals surface area contributed by atoms with Gasteiger partial charge in [0.15, 0.2) is 0 Å². The molecule has 0 atom stereocenters. The molecule has 0 spiro atoms. The third kappa shape index (κ3) is 3.76. The van der Waals surface area contributed by atoms with E-state index in [-0.39, 0.29) is 18.4 Å². The lowest BCUT2D eigenvalue weighted by atomic mass is 10.1. The van der Waals surface area contributed by atoms with Gasteiger partial charge >= 0.3 is 0 Å². The van der Waals surface area contributed by atoms with Crippen LogP contribution in [0.1, 0.15) is 32.9 Å². The maximum Gasteiger partial charge on any atom is 0.259 e. The van der Waals surface area contributed by atoms with Crippen molar-refractivity contribution in [2.24, 2.45) is 0 Å². The zero-order valence-corrected chi connectivity index (χ0v) is 17.2. The minimum atomic E-state index is -0.198. The van der Waals surface area contributed by atoms with E-state index in [9.17, 15) is 9.59 Å². The first-order valence-corrected chi connectivity index (χ1v) is 9.93. The fourth-order valence-corrected chi connectivity index (χ4v) is 3.74. The molecule has 4 rings (SSSR count). The molecule has 0 saturated heterocycles. The Morgan fingerprint density at radius 3 is 2.40 bits per heavy atom. The van der Waals surface area contributed by atoms with Crippen molar-refractivity contribution in [2.75, 3.05) is 13.1 Å². The molecule has 152 valence electrons. The molecule has 6 heteroatoms. The van der Waals surface area contributed by atoms with Crippen LogP contribution in [-0.2, 0) is 11.2 Å². The molecule has 30 heavy (non-hydrogen) atoms. The average molecular weight is 400 g/mol. The van der Waals surface area contributed by atoms with Gasteiger partial charge in [-0.25, -0.2) is 4.68 Å². The molecule has 0 fully saturated rings. The van der Waals surface area contributed by atoms with Gasteiger partial charge in [0.25, 0.3) is 5.91 Å². The van der Waals surface area contributed by atoms with Gasteiger partial charge in [-0.3, -0.25) is 14.5 Å². The number of benzene rings is 2. The molecule has 0 unspecified atom stereocenters. The van der Waals surface area contributed by atoms with Gasteiger partial charge in [0, 0.05) is 29.1 Å². The highest BCUT2D eigenvalue weighted by Crippen LogP contribution is 2.30. The summed E-state index contributed by atoms with van der Waals surface area (Å²) in [6.45, 7) is 8.45. The van der Waals surface area contributed by atoms with Crippen LogP contribution >= 0.6 is 0 Å². The second kappa shape index (κ2) is 7.99. The maximum absolute atomic E-state index is 12.5. The van der Waals surface area contributed by atoms with Crippen LogP contribution in [0.25, 0.3) is 11.4 Å². The topological polar surface area (TPSA) is 67.2 Å². The number of hydrogen-bond donors (Lipinski definition) is 1. The van der Waals surface area contributed by atoms with Crippen LogP contribution < -0.4 is 5.32 Å². The second-order valence-electron chi connectivity index (χ2n) is 7.49. The molecule has 0 bridgehead atoms. The van der Waals surface area contributed by atoms with Crippen molar-refractivity contribution in [1.82, 2.24) is 20.0 Å². The van der Waals surface area contributed by atoms with Crippen molar-refractivity contribution < 1.29 is 9.59 Å². The van der Waals surface area contributed by atoms with Gasteiger partial charge in [0.05, 0.1) is 11.4 Å². The molecular formula is C24H24N4O2. The Hall–Kier alpha value is -3.67. The molecule has 0 aliphatic carbocycles. The second-order valence-corrected chi connectivity index (χ2v) is 7.49. The molecule has 1 aliphatic rings. The quantitative estimate of drug-likeness (QED) is 0.691. The summed E-state index contributed by atoms with van der Waals surface area (Å²) in [6.07, 6.45) is 0.707. The van der Waals surface area contributed by atoms with Crippen LogP contribution in [-0.4, -0.2) is 39.6 Å². The van der Waals surface area contributed by atoms with Crippen molar-refractivity contribution in [2.45, 2.75) is 20.3 Å². The summed E-state index contributed by atoms with van der Waals surface area (Å²) >= 11 is 0. The number of carbonyl (C=O) groups excluding carboxylic acids is 2. The Labute approximate surface area is 175 Å². The monoisotopic (exact) mass is 400 g/mol. The fourth-order valence-electron chi connectivity index (χ4n) is 3.74. The van der Waals surface area contributed by atoms with Gasteiger partial charge in [-0.1, -0.05) is 36.9 Å². The molecule has 6 nitrogen and oxygen atoms in total. The first kappa shape index (κ1) is 19.6. The summed E-state index contributed by atoms with van der Waals surface area (Å²) in [5, 5.41) is 7.39. The Morgan fingerprint density at radius 1 is 1.07 bits per heavy atom. The first-order chi connectivity index (χ1) is 14.4. The van der Waals surface area contributed by atoms with Gasteiger partial charge in [-0.15, -0.1) is 0 Å². The van der Waals surface area contributed by atoms with Crippen LogP contribution in [0.4, 0.5) is 0 Å².